The first-order chi connectivity index (χ1) is 11.3. The molecule has 0 spiro atoms. The van der Waals surface area contributed by atoms with Crippen LogP contribution in [0.4, 0.5) is 0 Å². The topological polar surface area (TPSA) is 26.3 Å². The Morgan fingerprint density at radius 1 is 0.913 bits per heavy atom. The van der Waals surface area contributed by atoms with Gasteiger partial charge >= 0.3 is 5.97 Å². The van der Waals surface area contributed by atoms with Crippen LogP contribution >= 0.6 is 7.92 Å². The molecule has 2 aromatic carbocycles. The van der Waals surface area contributed by atoms with Crippen molar-refractivity contribution in [3.05, 3.63) is 60.7 Å². The van der Waals surface area contributed by atoms with Gasteiger partial charge in [-0.05, 0) is 31.4 Å². The molecule has 0 N–H and O–H groups in total. The maximum atomic E-state index is 12.3. The van der Waals surface area contributed by atoms with Crippen LogP contribution in [0.1, 0.15) is 25.7 Å². The SMILES string of the molecule is COC(=O)[C@@H]1CCCC[C@H]1P(c1ccccc1)c1ccccc1. The highest BCUT2D eigenvalue weighted by molar-refractivity contribution is 7.73. The van der Waals surface area contributed by atoms with Gasteiger partial charge in [-0.1, -0.05) is 73.5 Å². The van der Waals surface area contributed by atoms with Crippen LogP contribution in [0.15, 0.2) is 60.7 Å². The van der Waals surface area contributed by atoms with Gasteiger partial charge in [0.25, 0.3) is 0 Å². The number of carbonyl (C=O) groups is 1. The summed E-state index contributed by atoms with van der Waals surface area (Å²) in [6.45, 7) is 0. The van der Waals surface area contributed by atoms with Gasteiger partial charge in [-0.25, -0.2) is 0 Å². The third-order valence-electron chi connectivity index (χ3n) is 4.63. The van der Waals surface area contributed by atoms with Crippen molar-refractivity contribution in [1.82, 2.24) is 0 Å². The lowest BCUT2D eigenvalue weighted by Gasteiger charge is -2.36. The Kier molecular flexibility index (Phi) is 5.46. The first-order valence-electron chi connectivity index (χ1n) is 8.28. The van der Waals surface area contributed by atoms with Crippen LogP contribution in [0.2, 0.25) is 0 Å². The highest BCUT2D eigenvalue weighted by Gasteiger charge is 2.38. The van der Waals surface area contributed by atoms with Crippen molar-refractivity contribution in [3.8, 4) is 0 Å². The second-order valence-corrected chi connectivity index (χ2v) is 8.46. The number of hydrogen-bond donors (Lipinski definition) is 0. The Bertz CT molecular complexity index is 587. The third kappa shape index (κ3) is 3.64. The van der Waals surface area contributed by atoms with Gasteiger partial charge in [0.05, 0.1) is 13.0 Å². The van der Waals surface area contributed by atoms with E-state index < -0.39 is 7.92 Å². The van der Waals surface area contributed by atoms with Crippen molar-refractivity contribution in [2.75, 3.05) is 7.11 Å². The van der Waals surface area contributed by atoms with E-state index in [4.69, 9.17) is 4.74 Å². The van der Waals surface area contributed by atoms with E-state index >= 15 is 0 Å². The van der Waals surface area contributed by atoms with E-state index in [2.05, 4.69) is 60.7 Å². The highest BCUT2D eigenvalue weighted by Crippen LogP contribution is 2.49. The van der Waals surface area contributed by atoms with Crippen molar-refractivity contribution in [3.63, 3.8) is 0 Å². The largest absolute Gasteiger partial charge is 0.469 e. The monoisotopic (exact) mass is 326 g/mol. The van der Waals surface area contributed by atoms with E-state index in [1.165, 1.54) is 24.1 Å². The molecule has 0 bridgehead atoms. The predicted molar refractivity (Wildman–Crippen MR) is 96.8 cm³/mol. The lowest BCUT2D eigenvalue weighted by Crippen LogP contribution is -2.35. The average Bonchev–Trinajstić information content (AvgIpc) is 2.63. The Morgan fingerprint density at radius 3 is 1.96 bits per heavy atom. The minimum atomic E-state index is -0.547. The molecular formula is C20H23O2P. The summed E-state index contributed by atoms with van der Waals surface area (Å²) in [5.74, 6) is -0.00524. The van der Waals surface area contributed by atoms with Crippen LogP contribution in [-0.4, -0.2) is 18.7 Å². The smallest absolute Gasteiger partial charge is 0.309 e. The van der Waals surface area contributed by atoms with Gasteiger partial charge in [0, 0.05) is 5.66 Å². The molecule has 1 fully saturated rings. The maximum absolute atomic E-state index is 12.3. The van der Waals surface area contributed by atoms with Gasteiger partial charge in [-0.3, -0.25) is 4.79 Å². The van der Waals surface area contributed by atoms with Crippen molar-refractivity contribution >= 4 is 24.5 Å². The number of esters is 1. The minimum absolute atomic E-state index is 0.0280. The van der Waals surface area contributed by atoms with Crippen molar-refractivity contribution in [2.24, 2.45) is 5.92 Å². The number of rotatable bonds is 4. The molecule has 2 nitrogen and oxygen atoms in total. The van der Waals surface area contributed by atoms with Gasteiger partial charge < -0.3 is 4.74 Å². The van der Waals surface area contributed by atoms with Gasteiger partial charge in [-0.15, -0.1) is 0 Å². The van der Waals surface area contributed by atoms with E-state index in [-0.39, 0.29) is 11.9 Å². The minimum Gasteiger partial charge on any atom is -0.469 e. The molecule has 0 saturated heterocycles. The molecule has 3 rings (SSSR count). The Hall–Kier alpha value is -1.66. The fourth-order valence-electron chi connectivity index (χ4n) is 3.56. The number of carbonyl (C=O) groups excluding carboxylic acids is 1. The van der Waals surface area contributed by atoms with Crippen LogP contribution in [0.5, 0.6) is 0 Å². The third-order valence-corrected chi connectivity index (χ3v) is 7.62. The summed E-state index contributed by atoms with van der Waals surface area (Å²) < 4.78 is 5.11. The van der Waals surface area contributed by atoms with E-state index in [0.717, 1.165) is 19.3 Å². The summed E-state index contributed by atoms with van der Waals surface area (Å²) in [6, 6.07) is 21.4. The summed E-state index contributed by atoms with van der Waals surface area (Å²) in [5.41, 5.74) is 0.371. The zero-order valence-corrected chi connectivity index (χ0v) is 14.4. The van der Waals surface area contributed by atoms with Gasteiger partial charge in [0.2, 0.25) is 0 Å². The number of benzene rings is 2. The molecular weight excluding hydrogens is 303 g/mol. The van der Waals surface area contributed by atoms with E-state index in [0.29, 0.717) is 5.66 Å². The number of methoxy groups -OCH3 is 1. The van der Waals surface area contributed by atoms with Crippen LogP contribution < -0.4 is 10.6 Å². The highest BCUT2D eigenvalue weighted by atomic mass is 31.1. The lowest BCUT2D eigenvalue weighted by atomic mass is 9.89. The molecule has 23 heavy (non-hydrogen) atoms. The Labute approximate surface area is 139 Å². The van der Waals surface area contributed by atoms with Crippen LogP contribution in [0, 0.1) is 5.92 Å². The summed E-state index contributed by atoms with van der Waals surface area (Å²) in [7, 11) is 0.968. The van der Waals surface area contributed by atoms with Crippen LogP contribution in [-0.2, 0) is 9.53 Å². The molecule has 0 heterocycles. The summed E-state index contributed by atoms with van der Waals surface area (Å²) in [6.07, 6.45) is 4.39. The van der Waals surface area contributed by atoms with E-state index in [9.17, 15) is 4.79 Å². The maximum Gasteiger partial charge on any atom is 0.309 e. The Balaban J connectivity index is 2.02. The molecule has 0 unspecified atom stereocenters. The molecule has 120 valence electrons. The molecule has 0 aliphatic heterocycles. The fraction of sp³-hybridized carbons (Fsp3) is 0.350. The van der Waals surface area contributed by atoms with Crippen LogP contribution in [0.3, 0.4) is 0 Å². The predicted octanol–water partition coefficient (Wildman–Crippen LogP) is 3.85. The average molecular weight is 326 g/mol. The number of hydrogen-bond acceptors (Lipinski definition) is 2. The second kappa shape index (κ2) is 7.75. The zero-order chi connectivity index (χ0) is 16.1. The summed E-state index contributed by atoms with van der Waals surface area (Å²) in [4.78, 5) is 12.3. The molecule has 1 aliphatic rings. The second-order valence-electron chi connectivity index (χ2n) is 6.02. The summed E-state index contributed by atoms with van der Waals surface area (Å²) in [5, 5.41) is 2.71. The Morgan fingerprint density at radius 2 is 1.43 bits per heavy atom. The van der Waals surface area contributed by atoms with E-state index in [1.54, 1.807) is 0 Å². The number of ether oxygens (including phenoxy) is 1. The first kappa shape index (κ1) is 16.2. The van der Waals surface area contributed by atoms with Crippen LogP contribution in [0.25, 0.3) is 0 Å². The molecule has 3 heteroatoms. The van der Waals surface area contributed by atoms with Gasteiger partial charge in [-0.2, -0.15) is 0 Å². The van der Waals surface area contributed by atoms with Gasteiger partial charge in [0.15, 0.2) is 0 Å². The first-order valence-corrected chi connectivity index (χ1v) is 9.69. The zero-order valence-electron chi connectivity index (χ0n) is 13.5. The van der Waals surface area contributed by atoms with Crippen molar-refractivity contribution in [2.45, 2.75) is 31.3 Å². The van der Waals surface area contributed by atoms with Crippen molar-refractivity contribution in [1.29, 1.82) is 0 Å². The molecule has 0 amide bonds. The standard InChI is InChI=1S/C20H23O2P/c1-22-20(21)18-14-8-9-15-19(18)23(16-10-4-2-5-11-16)17-12-6-3-7-13-17/h2-7,10-13,18-19H,8-9,14-15H2,1H3/t18-,19-/m1/s1. The van der Waals surface area contributed by atoms with Crippen molar-refractivity contribution < 1.29 is 9.53 Å². The molecule has 0 radical (unpaired) electrons. The lowest BCUT2D eigenvalue weighted by molar-refractivity contribution is -0.146. The quantitative estimate of drug-likeness (QED) is 0.630. The molecule has 2 aromatic rings. The van der Waals surface area contributed by atoms with E-state index in [1.807, 2.05) is 0 Å². The molecule has 1 aliphatic carbocycles. The fourth-order valence-corrected chi connectivity index (χ4v) is 6.68. The molecule has 2 atom stereocenters. The molecule has 0 aromatic heterocycles. The molecule has 1 saturated carbocycles. The summed E-state index contributed by atoms with van der Waals surface area (Å²) >= 11 is 0. The van der Waals surface area contributed by atoms with Gasteiger partial charge in [0.1, 0.15) is 0 Å². The normalized spacial score (nSPS) is 21.1.